The van der Waals surface area contributed by atoms with E-state index in [-0.39, 0.29) is 36.2 Å². The van der Waals surface area contributed by atoms with Crippen molar-refractivity contribution in [2.45, 2.75) is 90.6 Å². The van der Waals surface area contributed by atoms with E-state index in [1.54, 1.807) is 12.2 Å². The number of allylic oxidation sites excluding steroid dienone is 1. The Morgan fingerprint density at radius 1 is 1.07 bits per heavy atom. The lowest BCUT2D eigenvalue weighted by atomic mass is 9.88. The highest BCUT2D eigenvalue weighted by atomic mass is 16.5. The first-order valence-corrected chi connectivity index (χ1v) is 10.5. The van der Waals surface area contributed by atoms with Crippen LogP contribution in [-0.2, 0) is 23.9 Å². The number of esters is 1. The summed E-state index contributed by atoms with van der Waals surface area (Å²) in [4.78, 5) is 46.4. The van der Waals surface area contributed by atoms with E-state index in [4.69, 9.17) is 9.84 Å². The fourth-order valence-corrected chi connectivity index (χ4v) is 3.75. The number of carbonyl (C=O) groups is 4. The Hall–Kier alpha value is -1.98. The highest BCUT2D eigenvalue weighted by Crippen LogP contribution is 2.36. The molecule has 0 aromatic carbocycles. The van der Waals surface area contributed by atoms with Crippen molar-refractivity contribution in [2.24, 2.45) is 11.8 Å². The molecule has 0 heterocycles. The van der Waals surface area contributed by atoms with Crippen LogP contribution in [0.1, 0.15) is 84.5 Å². The SMILES string of the molecule is CCCCCC(=O)/C=C/C1C(OC(C)=O)CC(=O)C1CCCCCCC(=O)O. The van der Waals surface area contributed by atoms with Gasteiger partial charge in [-0.3, -0.25) is 19.2 Å². The van der Waals surface area contributed by atoms with Crippen molar-refractivity contribution in [3.63, 3.8) is 0 Å². The predicted molar refractivity (Wildman–Crippen MR) is 106 cm³/mol. The molecule has 3 unspecified atom stereocenters. The Bertz CT molecular complexity index is 565. The van der Waals surface area contributed by atoms with Crippen LogP contribution < -0.4 is 0 Å². The van der Waals surface area contributed by atoms with Crippen LogP contribution in [0.15, 0.2) is 12.2 Å². The molecule has 0 amide bonds. The minimum atomic E-state index is -0.788. The normalized spacial score (nSPS) is 21.9. The number of Topliss-reactive ketones (excluding diaryl/α,β-unsaturated/α-hetero) is 1. The average molecular weight is 395 g/mol. The lowest BCUT2D eigenvalue weighted by Crippen LogP contribution is -2.23. The van der Waals surface area contributed by atoms with Gasteiger partial charge in [0.2, 0.25) is 0 Å². The summed E-state index contributed by atoms with van der Waals surface area (Å²) < 4.78 is 5.34. The second-order valence-electron chi connectivity index (χ2n) is 7.63. The summed E-state index contributed by atoms with van der Waals surface area (Å²) in [5.74, 6) is -1.59. The summed E-state index contributed by atoms with van der Waals surface area (Å²) in [6.45, 7) is 3.41. The molecule has 0 aliphatic heterocycles. The number of carboxylic acid groups (broad SMARTS) is 1. The van der Waals surface area contributed by atoms with Gasteiger partial charge in [-0.2, -0.15) is 0 Å². The molecule has 1 aliphatic rings. The number of rotatable bonds is 14. The van der Waals surface area contributed by atoms with Crippen LogP contribution in [-0.4, -0.2) is 34.7 Å². The predicted octanol–water partition coefficient (Wildman–Crippen LogP) is 4.25. The fraction of sp³-hybridized carbons (Fsp3) is 0.727. The molecule has 1 aliphatic carbocycles. The smallest absolute Gasteiger partial charge is 0.303 e. The first-order valence-electron chi connectivity index (χ1n) is 10.5. The van der Waals surface area contributed by atoms with Gasteiger partial charge in [0.05, 0.1) is 0 Å². The Morgan fingerprint density at radius 3 is 2.39 bits per heavy atom. The maximum atomic E-state index is 12.5. The first-order chi connectivity index (χ1) is 13.3. The van der Waals surface area contributed by atoms with Gasteiger partial charge in [-0.05, 0) is 25.3 Å². The molecular weight excluding hydrogens is 360 g/mol. The van der Waals surface area contributed by atoms with Gasteiger partial charge in [0.25, 0.3) is 0 Å². The molecular formula is C22H34O6. The maximum Gasteiger partial charge on any atom is 0.303 e. The molecule has 0 bridgehead atoms. The Balaban J connectivity index is 2.62. The lowest BCUT2D eigenvalue weighted by Gasteiger charge is -2.20. The lowest BCUT2D eigenvalue weighted by molar-refractivity contribution is -0.147. The van der Waals surface area contributed by atoms with E-state index in [0.29, 0.717) is 19.3 Å². The molecule has 3 atom stereocenters. The van der Waals surface area contributed by atoms with Gasteiger partial charge in [-0.15, -0.1) is 0 Å². The second-order valence-corrected chi connectivity index (χ2v) is 7.63. The number of aliphatic carboxylic acids is 1. The van der Waals surface area contributed by atoms with E-state index in [1.807, 2.05) is 0 Å². The average Bonchev–Trinajstić information content (AvgIpc) is 2.90. The maximum absolute atomic E-state index is 12.5. The molecule has 0 spiro atoms. The molecule has 0 saturated heterocycles. The quantitative estimate of drug-likeness (QED) is 0.269. The van der Waals surface area contributed by atoms with Gasteiger partial charge in [-0.1, -0.05) is 45.1 Å². The molecule has 1 rings (SSSR count). The van der Waals surface area contributed by atoms with Crippen molar-refractivity contribution in [2.75, 3.05) is 0 Å². The summed E-state index contributed by atoms with van der Waals surface area (Å²) in [5, 5.41) is 8.66. The number of hydrogen-bond acceptors (Lipinski definition) is 5. The van der Waals surface area contributed by atoms with Crippen molar-refractivity contribution in [3.8, 4) is 0 Å². The number of carboxylic acids is 1. The van der Waals surface area contributed by atoms with Crippen LogP contribution in [0.3, 0.4) is 0 Å². The third kappa shape index (κ3) is 9.29. The fourth-order valence-electron chi connectivity index (χ4n) is 3.75. The monoisotopic (exact) mass is 394 g/mol. The Morgan fingerprint density at radius 2 is 1.75 bits per heavy atom. The van der Waals surface area contributed by atoms with E-state index in [2.05, 4.69) is 6.92 Å². The largest absolute Gasteiger partial charge is 0.481 e. The molecule has 6 nitrogen and oxygen atoms in total. The summed E-state index contributed by atoms with van der Waals surface area (Å²) in [5.41, 5.74) is 0. The van der Waals surface area contributed by atoms with Crippen molar-refractivity contribution >= 4 is 23.5 Å². The number of ketones is 2. The molecule has 0 aromatic heterocycles. The van der Waals surface area contributed by atoms with Crippen LogP contribution in [0.4, 0.5) is 0 Å². The number of unbranched alkanes of at least 4 members (excludes halogenated alkanes) is 5. The van der Waals surface area contributed by atoms with Crippen molar-refractivity contribution < 1.29 is 29.0 Å². The van der Waals surface area contributed by atoms with Crippen LogP contribution >= 0.6 is 0 Å². The third-order valence-corrected chi connectivity index (χ3v) is 5.21. The molecule has 6 heteroatoms. The number of ether oxygens (including phenoxy) is 1. The van der Waals surface area contributed by atoms with Crippen LogP contribution in [0.2, 0.25) is 0 Å². The first kappa shape index (κ1) is 24.1. The van der Waals surface area contributed by atoms with E-state index in [9.17, 15) is 19.2 Å². The second kappa shape index (κ2) is 13.2. The van der Waals surface area contributed by atoms with E-state index in [1.165, 1.54) is 6.92 Å². The highest BCUT2D eigenvalue weighted by Gasteiger charge is 2.42. The Kier molecular flexibility index (Phi) is 11.4. The van der Waals surface area contributed by atoms with Crippen LogP contribution in [0.5, 0.6) is 0 Å². The minimum absolute atomic E-state index is 0.0433. The number of carbonyl (C=O) groups excluding carboxylic acids is 3. The van der Waals surface area contributed by atoms with E-state index < -0.39 is 18.0 Å². The molecule has 0 aromatic rings. The van der Waals surface area contributed by atoms with Gasteiger partial charge < -0.3 is 9.84 Å². The summed E-state index contributed by atoms with van der Waals surface area (Å²) >= 11 is 0. The molecule has 1 fully saturated rings. The van der Waals surface area contributed by atoms with Gasteiger partial charge in [0, 0.05) is 38.0 Å². The summed E-state index contributed by atoms with van der Waals surface area (Å²) in [6, 6.07) is 0. The van der Waals surface area contributed by atoms with E-state index in [0.717, 1.165) is 38.5 Å². The zero-order valence-corrected chi connectivity index (χ0v) is 17.2. The molecule has 1 N–H and O–H groups in total. The standard InChI is InChI=1S/C22H34O6/c1-3-4-7-10-17(24)13-14-19-18(11-8-5-6-9-12-22(26)27)20(25)15-21(19)28-16(2)23/h13-14,18-19,21H,3-12,15H2,1-2H3,(H,26,27)/b14-13+. The minimum Gasteiger partial charge on any atom is -0.481 e. The summed E-state index contributed by atoms with van der Waals surface area (Å²) in [7, 11) is 0. The molecule has 1 saturated carbocycles. The Labute approximate surface area is 167 Å². The topological polar surface area (TPSA) is 97.7 Å². The van der Waals surface area contributed by atoms with E-state index >= 15 is 0 Å². The van der Waals surface area contributed by atoms with Crippen molar-refractivity contribution in [1.82, 2.24) is 0 Å². The van der Waals surface area contributed by atoms with Gasteiger partial charge in [0.1, 0.15) is 11.9 Å². The van der Waals surface area contributed by atoms with Crippen LogP contribution in [0.25, 0.3) is 0 Å². The van der Waals surface area contributed by atoms with Crippen LogP contribution in [0, 0.1) is 11.8 Å². The molecule has 158 valence electrons. The van der Waals surface area contributed by atoms with Gasteiger partial charge in [-0.25, -0.2) is 0 Å². The van der Waals surface area contributed by atoms with Gasteiger partial charge in [0.15, 0.2) is 5.78 Å². The number of hydrogen-bond donors (Lipinski definition) is 1. The summed E-state index contributed by atoms with van der Waals surface area (Å²) in [6.07, 6.45) is 10.4. The highest BCUT2D eigenvalue weighted by molar-refractivity contribution is 5.90. The van der Waals surface area contributed by atoms with Crippen molar-refractivity contribution in [1.29, 1.82) is 0 Å². The molecule has 0 radical (unpaired) electrons. The third-order valence-electron chi connectivity index (χ3n) is 5.21. The van der Waals surface area contributed by atoms with Gasteiger partial charge >= 0.3 is 11.9 Å². The van der Waals surface area contributed by atoms with Crippen molar-refractivity contribution in [3.05, 3.63) is 12.2 Å². The molecule has 28 heavy (non-hydrogen) atoms. The zero-order chi connectivity index (χ0) is 20.9. The zero-order valence-electron chi connectivity index (χ0n) is 17.2.